The van der Waals surface area contributed by atoms with E-state index >= 15 is 0 Å². The van der Waals surface area contributed by atoms with Crippen molar-refractivity contribution in [1.29, 1.82) is 0 Å². The summed E-state index contributed by atoms with van der Waals surface area (Å²) in [7, 11) is 1.31. The van der Waals surface area contributed by atoms with E-state index in [0.717, 1.165) is 0 Å². The number of nitro groups is 1. The number of esters is 1. The van der Waals surface area contributed by atoms with Gasteiger partial charge in [0.2, 0.25) is 5.91 Å². The highest BCUT2D eigenvalue weighted by molar-refractivity contribution is 8.00. The molecule has 1 unspecified atom stereocenters. The summed E-state index contributed by atoms with van der Waals surface area (Å²) < 4.78 is 4.54. The molecule has 0 aromatic heterocycles. The van der Waals surface area contributed by atoms with Crippen molar-refractivity contribution in [2.45, 2.75) is 18.6 Å². The Bertz CT molecular complexity index is 535. The van der Waals surface area contributed by atoms with E-state index in [9.17, 15) is 19.7 Å². The Morgan fingerprint density at radius 3 is 2.71 bits per heavy atom. The van der Waals surface area contributed by atoms with Gasteiger partial charge in [-0.05, 0) is 6.07 Å². The van der Waals surface area contributed by atoms with Gasteiger partial charge in [-0.25, -0.2) is 0 Å². The molecule has 1 aromatic carbocycles. The van der Waals surface area contributed by atoms with E-state index in [2.05, 4.69) is 10.1 Å². The Balaban J connectivity index is 2.51. The molecule has 0 saturated heterocycles. The summed E-state index contributed by atoms with van der Waals surface area (Å²) in [6.45, 7) is 1.81. The lowest BCUT2D eigenvalue weighted by molar-refractivity contribution is -0.383. The Morgan fingerprint density at radius 2 is 2.10 bits per heavy atom. The van der Waals surface area contributed by atoms with Gasteiger partial charge >= 0.3 is 5.97 Å². The van der Waals surface area contributed by atoms with Crippen molar-refractivity contribution in [3.8, 4) is 0 Å². The molecular weight excluding hydrogens is 296 g/mol. The van der Waals surface area contributed by atoms with E-state index in [1.807, 2.05) is 0 Å². The average Bonchev–Trinajstić information content (AvgIpc) is 2.45. The first kappa shape index (κ1) is 17.0. The molecule has 21 heavy (non-hydrogen) atoms. The maximum Gasteiger partial charge on any atom is 0.306 e. The van der Waals surface area contributed by atoms with Crippen molar-refractivity contribution in [1.82, 2.24) is 0 Å². The highest BCUT2D eigenvalue weighted by Crippen LogP contribution is 2.23. The number of methoxy groups -OCH3 is 1. The zero-order chi connectivity index (χ0) is 15.8. The quantitative estimate of drug-likeness (QED) is 0.471. The molecule has 0 fully saturated rings. The van der Waals surface area contributed by atoms with Crippen LogP contribution in [-0.4, -0.2) is 34.9 Å². The number of nitrogens with zero attached hydrogens (tertiary/aromatic N) is 1. The van der Waals surface area contributed by atoms with Crippen LogP contribution in [0.4, 0.5) is 11.4 Å². The van der Waals surface area contributed by atoms with Crippen LogP contribution in [0.2, 0.25) is 0 Å². The van der Waals surface area contributed by atoms with Gasteiger partial charge in [0, 0.05) is 11.3 Å². The fourth-order valence-electron chi connectivity index (χ4n) is 1.52. The third kappa shape index (κ3) is 5.82. The molecule has 7 nitrogen and oxygen atoms in total. The second-order valence-corrected chi connectivity index (χ2v) is 5.65. The summed E-state index contributed by atoms with van der Waals surface area (Å²) in [5.74, 6) is -0.593. The van der Waals surface area contributed by atoms with E-state index in [4.69, 9.17) is 0 Å². The number of para-hydroxylation sites is 2. The van der Waals surface area contributed by atoms with Crippen LogP contribution in [0.5, 0.6) is 0 Å². The summed E-state index contributed by atoms with van der Waals surface area (Å²) in [6.07, 6.45) is 0.208. The number of benzene rings is 1. The predicted molar refractivity (Wildman–Crippen MR) is 80.3 cm³/mol. The Morgan fingerprint density at radius 1 is 1.43 bits per heavy atom. The zero-order valence-corrected chi connectivity index (χ0v) is 12.5. The van der Waals surface area contributed by atoms with Gasteiger partial charge in [0.15, 0.2) is 0 Å². The lowest BCUT2D eigenvalue weighted by Gasteiger charge is -2.10. The van der Waals surface area contributed by atoms with Gasteiger partial charge in [-0.1, -0.05) is 19.1 Å². The number of nitro benzene ring substituents is 1. The number of hydrogen-bond acceptors (Lipinski definition) is 6. The fourth-order valence-corrected chi connectivity index (χ4v) is 2.28. The number of thioether (sulfide) groups is 1. The minimum atomic E-state index is -0.553. The normalized spacial score (nSPS) is 11.5. The van der Waals surface area contributed by atoms with Crippen LogP contribution in [0.3, 0.4) is 0 Å². The van der Waals surface area contributed by atoms with Crippen molar-refractivity contribution in [3.63, 3.8) is 0 Å². The third-order valence-electron chi connectivity index (χ3n) is 2.56. The molecule has 0 radical (unpaired) electrons. The van der Waals surface area contributed by atoms with E-state index in [1.165, 1.54) is 37.1 Å². The smallest absolute Gasteiger partial charge is 0.306 e. The van der Waals surface area contributed by atoms with Gasteiger partial charge in [0.05, 0.1) is 24.2 Å². The highest BCUT2D eigenvalue weighted by atomic mass is 32.2. The van der Waals surface area contributed by atoms with Gasteiger partial charge in [-0.2, -0.15) is 0 Å². The maximum absolute atomic E-state index is 11.8. The molecule has 0 spiro atoms. The number of carbonyl (C=O) groups excluding carboxylic acids is 2. The monoisotopic (exact) mass is 312 g/mol. The topological polar surface area (TPSA) is 98.5 Å². The average molecular weight is 312 g/mol. The van der Waals surface area contributed by atoms with Crippen LogP contribution < -0.4 is 5.32 Å². The highest BCUT2D eigenvalue weighted by Gasteiger charge is 2.16. The maximum atomic E-state index is 11.8. The first-order valence-corrected chi connectivity index (χ1v) is 7.20. The lowest BCUT2D eigenvalue weighted by atomic mass is 10.2. The van der Waals surface area contributed by atoms with Crippen LogP contribution in [0.1, 0.15) is 13.3 Å². The molecule has 1 N–H and O–H groups in total. The number of hydrogen-bond donors (Lipinski definition) is 1. The number of ether oxygens (including phenoxy) is 1. The zero-order valence-electron chi connectivity index (χ0n) is 11.7. The van der Waals surface area contributed by atoms with Crippen LogP contribution in [0.25, 0.3) is 0 Å². The predicted octanol–water partition coefficient (Wildman–Crippen LogP) is 2.22. The van der Waals surface area contributed by atoms with Crippen LogP contribution >= 0.6 is 11.8 Å². The van der Waals surface area contributed by atoms with Gasteiger partial charge in [0.25, 0.3) is 5.69 Å². The van der Waals surface area contributed by atoms with Gasteiger partial charge in [0.1, 0.15) is 5.69 Å². The fraction of sp³-hybridized carbons (Fsp3) is 0.385. The standard InChI is InChI=1S/C13H16N2O5S/c1-9(7-13(17)20-2)21-8-12(16)14-10-5-3-4-6-11(10)15(18)19/h3-6,9H,7-8H2,1-2H3,(H,14,16). The van der Waals surface area contributed by atoms with Gasteiger partial charge in [-0.3, -0.25) is 19.7 Å². The molecule has 0 bridgehead atoms. The van der Waals surface area contributed by atoms with E-state index in [0.29, 0.717) is 0 Å². The molecular formula is C13H16N2O5S. The van der Waals surface area contributed by atoms with E-state index in [1.54, 1.807) is 13.0 Å². The molecule has 1 amide bonds. The number of carbonyl (C=O) groups is 2. The summed E-state index contributed by atoms with van der Waals surface area (Å²) in [4.78, 5) is 33.1. The van der Waals surface area contributed by atoms with Crippen LogP contribution in [0.15, 0.2) is 24.3 Å². The Labute approximate surface area is 126 Å². The first-order valence-electron chi connectivity index (χ1n) is 6.15. The second kappa shape index (κ2) is 8.25. The van der Waals surface area contributed by atoms with Crippen LogP contribution in [0, 0.1) is 10.1 Å². The van der Waals surface area contributed by atoms with Gasteiger partial charge in [-0.15, -0.1) is 11.8 Å². The number of rotatable bonds is 7. The molecule has 0 saturated carbocycles. The Kier molecular flexibility index (Phi) is 6.67. The molecule has 0 aliphatic rings. The van der Waals surface area contributed by atoms with Crippen molar-refractivity contribution >= 4 is 35.0 Å². The van der Waals surface area contributed by atoms with Crippen molar-refractivity contribution in [3.05, 3.63) is 34.4 Å². The second-order valence-electron chi connectivity index (χ2n) is 4.22. The SMILES string of the molecule is COC(=O)CC(C)SCC(=O)Nc1ccccc1[N+](=O)[O-]. The molecule has 0 heterocycles. The lowest BCUT2D eigenvalue weighted by Crippen LogP contribution is -2.18. The first-order chi connectivity index (χ1) is 9.93. The van der Waals surface area contributed by atoms with Crippen LogP contribution in [-0.2, 0) is 14.3 Å². The van der Waals surface area contributed by atoms with Crippen molar-refractivity contribution in [2.75, 3.05) is 18.2 Å². The number of anilines is 1. The molecule has 0 aliphatic heterocycles. The molecule has 0 aliphatic carbocycles. The third-order valence-corrected chi connectivity index (χ3v) is 3.72. The van der Waals surface area contributed by atoms with Crippen molar-refractivity contribution < 1.29 is 19.2 Å². The molecule has 1 atom stereocenters. The summed E-state index contributed by atoms with van der Waals surface area (Å²) in [5, 5.41) is 13.2. The minimum absolute atomic E-state index is 0.0750. The molecule has 114 valence electrons. The number of nitrogens with one attached hydrogen (secondary N) is 1. The summed E-state index contributed by atoms with van der Waals surface area (Å²) >= 11 is 1.28. The molecule has 1 rings (SSSR count). The Hall–Kier alpha value is -2.09. The van der Waals surface area contributed by atoms with E-state index in [-0.39, 0.29) is 40.7 Å². The minimum Gasteiger partial charge on any atom is -0.469 e. The number of amides is 1. The van der Waals surface area contributed by atoms with Crippen molar-refractivity contribution in [2.24, 2.45) is 0 Å². The molecule has 1 aromatic rings. The van der Waals surface area contributed by atoms with E-state index < -0.39 is 4.92 Å². The summed E-state index contributed by atoms with van der Waals surface area (Å²) in [5.41, 5.74) is 0.00665. The largest absolute Gasteiger partial charge is 0.469 e. The molecule has 8 heteroatoms. The van der Waals surface area contributed by atoms with Gasteiger partial charge < -0.3 is 10.1 Å². The summed E-state index contributed by atoms with van der Waals surface area (Å²) in [6, 6.07) is 5.93.